The second-order valence-electron chi connectivity index (χ2n) is 6.98. The monoisotopic (exact) mass is 355 g/mol. The van der Waals surface area contributed by atoms with E-state index in [9.17, 15) is 4.79 Å². The molecule has 3 heterocycles. The molecule has 0 radical (unpaired) electrons. The fraction of sp³-hybridized carbons (Fsp3) is 0.526. The fourth-order valence-electron chi connectivity index (χ4n) is 3.69. The average molecular weight is 355 g/mol. The van der Waals surface area contributed by atoms with Gasteiger partial charge in [-0.15, -0.1) is 10.2 Å². The molecule has 1 N–H and O–H groups in total. The van der Waals surface area contributed by atoms with Crippen molar-refractivity contribution >= 4 is 5.91 Å². The van der Waals surface area contributed by atoms with Gasteiger partial charge < -0.3 is 14.6 Å². The van der Waals surface area contributed by atoms with E-state index in [-0.39, 0.29) is 12.0 Å². The number of carbonyl (C=O) groups excluding carboxylic acids is 1. The highest BCUT2D eigenvalue weighted by Gasteiger charge is 2.23. The number of benzene rings is 1. The number of rotatable bonds is 6. The first-order chi connectivity index (χ1) is 12.8. The summed E-state index contributed by atoms with van der Waals surface area (Å²) in [7, 11) is 0. The Labute approximate surface area is 153 Å². The second-order valence-corrected chi connectivity index (χ2v) is 6.98. The molecular formula is C19H25N5O2. The lowest BCUT2D eigenvalue weighted by atomic mass is 10.1. The lowest BCUT2D eigenvalue weighted by Gasteiger charge is -2.32. The van der Waals surface area contributed by atoms with Gasteiger partial charge in [-0.25, -0.2) is 0 Å². The van der Waals surface area contributed by atoms with Crippen LogP contribution >= 0.6 is 0 Å². The van der Waals surface area contributed by atoms with Crippen LogP contribution in [-0.4, -0.2) is 51.4 Å². The minimum absolute atomic E-state index is 0.00640. The smallest absolute Gasteiger partial charge is 0.223 e. The Hall–Kier alpha value is -2.25. The number of carbonyl (C=O) groups is 1. The van der Waals surface area contributed by atoms with Crippen molar-refractivity contribution in [3.05, 3.63) is 47.5 Å². The molecule has 1 amide bonds. The van der Waals surface area contributed by atoms with Gasteiger partial charge in [-0.1, -0.05) is 30.3 Å². The topological polar surface area (TPSA) is 72.3 Å². The van der Waals surface area contributed by atoms with Crippen LogP contribution < -0.4 is 5.32 Å². The van der Waals surface area contributed by atoms with E-state index in [2.05, 4.69) is 49.2 Å². The average Bonchev–Trinajstić information content (AvgIpc) is 3.25. The highest BCUT2D eigenvalue weighted by atomic mass is 16.5. The van der Waals surface area contributed by atoms with Crippen molar-refractivity contribution in [1.29, 1.82) is 0 Å². The third-order valence-electron chi connectivity index (χ3n) is 5.01. The molecule has 2 aromatic rings. The molecule has 0 aliphatic carbocycles. The number of aryl methyl sites for hydroxylation is 1. The fourth-order valence-corrected chi connectivity index (χ4v) is 3.69. The van der Waals surface area contributed by atoms with E-state index in [1.807, 2.05) is 6.07 Å². The number of ether oxygens (including phenoxy) is 1. The number of hydrogen-bond donors (Lipinski definition) is 1. The molecule has 1 saturated heterocycles. The number of nitrogens with zero attached hydrogens (tertiary/aromatic N) is 4. The summed E-state index contributed by atoms with van der Waals surface area (Å²) in [5, 5.41) is 11.3. The summed E-state index contributed by atoms with van der Waals surface area (Å²) in [5.74, 6) is 1.88. The predicted octanol–water partition coefficient (Wildman–Crippen LogP) is 1.13. The molecule has 1 fully saturated rings. The van der Waals surface area contributed by atoms with Gasteiger partial charge in [0.1, 0.15) is 5.82 Å². The highest BCUT2D eigenvalue weighted by Crippen LogP contribution is 2.15. The van der Waals surface area contributed by atoms with E-state index in [1.54, 1.807) is 0 Å². The van der Waals surface area contributed by atoms with Crippen LogP contribution in [0.3, 0.4) is 0 Å². The molecule has 0 unspecified atom stereocenters. The van der Waals surface area contributed by atoms with Crippen molar-refractivity contribution in [3.63, 3.8) is 0 Å². The van der Waals surface area contributed by atoms with Crippen LogP contribution in [-0.2, 0) is 35.6 Å². The Morgan fingerprint density at radius 2 is 2.12 bits per heavy atom. The van der Waals surface area contributed by atoms with Gasteiger partial charge in [0.15, 0.2) is 5.82 Å². The SMILES string of the molecule is O=C(C[C@@H]1CN(Cc2ccccc2)CCO1)NCc1nnc2n1CCC2. The van der Waals surface area contributed by atoms with Crippen LogP contribution in [0.15, 0.2) is 30.3 Å². The van der Waals surface area contributed by atoms with Gasteiger partial charge in [0.25, 0.3) is 0 Å². The maximum atomic E-state index is 12.3. The molecule has 7 nitrogen and oxygen atoms in total. The van der Waals surface area contributed by atoms with Gasteiger partial charge in [0.2, 0.25) is 5.91 Å². The summed E-state index contributed by atoms with van der Waals surface area (Å²) in [4.78, 5) is 14.7. The molecule has 2 aliphatic rings. The summed E-state index contributed by atoms with van der Waals surface area (Å²) in [6, 6.07) is 10.4. The Balaban J connectivity index is 1.24. The Bertz CT molecular complexity index is 746. The first-order valence-electron chi connectivity index (χ1n) is 9.33. The van der Waals surface area contributed by atoms with Gasteiger partial charge in [0, 0.05) is 32.6 Å². The molecule has 7 heteroatoms. The van der Waals surface area contributed by atoms with Gasteiger partial charge in [0.05, 0.1) is 25.7 Å². The van der Waals surface area contributed by atoms with Gasteiger partial charge >= 0.3 is 0 Å². The van der Waals surface area contributed by atoms with E-state index < -0.39 is 0 Å². The Kier molecular flexibility index (Phi) is 5.26. The van der Waals surface area contributed by atoms with Crippen molar-refractivity contribution in [2.45, 2.75) is 45.0 Å². The number of nitrogens with one attached hydrogen (secondary N) is 1. The molecule has 1 atom stereocenters. The minimum atomic E-state index is -0.0587. The number of aromatic nitrogens is 3. The van der Waals surface area contributed by atoms with Crippen LogP contribution in [0.2, 0.25) is 0 Å². The van der Waals surface area contributed by atoms with Crippen LogP contribution in [0.1, 0.15) is 30.1 Å². The zero-order valence-corrected chi connectivity index (χ0v) is 14.9. The molecule has 0 saturated carbocycles. The summed E-state index contributed by atoms with van der Waals surface area (Å²) < 4.78 is 7.90. The molecule has 4 rings (SSSR count). The lowest BCUT2D eigenvalue weighted by Crippen LogP contribution is -2.44. The Morgan fingerprint density at radius 3 is 3.00 bits per heavy atom. The molecule has 1 aromatic carbocycles. The van der Waals surface area contributed by atoms with Crippen molar-refractivity contribution in [1.82, 2.24) is 25.0 Å². The first-order valence-corrected chi connectivity index (χ1v) is 9.33. The Morgan fingerprint density at radius 1 is 1.23 bits per heavy atom. The normalized spacial score (nSPS) is 20.1. The molecule has 1 aromatic heterocycles. The van der Waals surface area contributed by atoms with Crippen molar-refractivity contribution in [3.8, 4) is 0 Å². The molecule has 0 spiro atoms. The third-order valence-corrected chi connectivity index (χ3v) is 5.01. The molecule has 2 aliphatic heterocycles. The zero-order valence-electron chi connectivity index (χ0n) is 14.9. The molecular weight excluding hydrogens is 330 g/mol. The number of amides is 1. The van der Waals surface area contributed by atoms with Gasteiger partial charge in [-0.05, 0) is 12.0 Å². The van der Waals surface area contributed by atoms with Crippen LogP contribution in [0.4, 0.5) is 0 Å². The maximum Gasteiger partial charge on any atom is 0.223 e. The summed E-state index contributed by atoms with van der Waals surface area (Å²) in [5.41, 5.74) is 1.29. The molecule has 138 valence electrons. The first kappa shape index (κ1) is 17.2. The molecule has 0 bridgehead atoms. The van der Waals surface area contributed by atoms with E-state index in [4.69, 9.17) is 4.74 Å². The van der Waals surface area contributed by atoms with Crippen molar-refractivity contribution < 1.29 is 9.53 Å². The highest BCUT2D eigenvalue weighted by molar-refractivity contribution is 5.76. The summed E-state index contributed by atoms with van der Waals surface area (Å²) in [6.45, 7) is 4.64. The van der Waals surface area contributed by atoms with Crippen molar-refractivity contribution in [2.24, 2.45) is 0 Å². The van der Waals surface area contributed by atoms with E-state index >= 15 is 0 Å². The van der Waals surface area contributed by atoms with Gasteiger partial charge in [-0.3, -0.25) is 9.69 Å². The number of hydrogen-bond acceptors (Lipinski definition) is 5. The van der Waals surface area contributed by atoms with Crippen molar-refractivity contribution in [2.75, 3.05) is 19.7 Å². The predicted molar refractivity (Wildman–Crippen MR) is 96.3 cm³/mol. The standard InChI is InChI=1S/C19H25N5O2/c25-19(20-12-18-22-21-17-7-4-8-24(17)18)11-16-14-23(9-10-26-16)13-15-5-2-1-3-6-15/h1-3,5-6,16H,4,7-14H2,(H,20,25)/t16-/m1/s1. The van der Waals surface area contributed by atoms with E-state index in [1.165, 1.54) is 5.56 Å². The third kappa shape index (κ3) is 4.11. The summed E-state index contributed by atoms with van der Waals surface area (Å²) in [6.07, 6.45) is 2.41. The lowest BCUT2D eigenvalue weighted by molar-refractivity contribution is -0.126. The largest absolute Gasteiger partial charge is 0.375 e. The van der Waals surface area contributed by atoms with Crippen LogP contribution in [0.25, 0.3) is 0 Å². The quantitative estimate of drug-likeness (QED) is 0.841. The maximum absolute atomic E-state index is 12.3. The van der Waals surface area contributed by atoms with Crippen LogP contribution in [0.5, 0.6) is 0 Å². The number of fused-ring (bicyclic) bond motifs is 1. The minimum Gasteiger partial charge on any atom is -0.375 e. The second kappa shape index (κ2) is 7.97. The molecule has 26 heavy (non-hydrogen) atoms. The van der Waals surface area contributed by atoms with Crippen LogP contribution in [0, 0.1) is 0 Å². The zero-order chi connectivity index (χ0) is 17.8. The number of morpholine rings is 1. The van der Waals surface area contributed by atoms with Gasteiger partial charge in [-0.2, -0.15) is 0 Å². The summed E-state index contributed by atoms with van der Waals surface area (Å²) >= 11 is 0. The van der Waals surface area contributed by atoms with E-state index in [0.717, 1.165) is 50.7 Å². The van der Waals surface area contributed by atoms with E-state index in [0.29, 0.717) is 19.6 Å².